The van der Waals surface area contributed by atoms with Gasteiger partial charge in [-0.1, -0.05) is 22.0 Å². The number of nitrogens with zero attached hydrogens (tertiary/aromatic N) is 1. The van der Waals surface area contributed by atoms with Gasteiger partial charge in [-0.2, -0.15) is 0 Å². The maximum Gasteiger partial charge on any atom is 0.127 e. The minimum atomic E-state index is -0.385. The molecule has 19 heavy (non-hydrogen) atoms. The van der Waals surface area contributed by atoms with Crippen LogP contribution in [0.4, 0.5) is 0 Å². The van der Waals surface area contributed by atoms with Crippen molar-refractivity contribution in [3.63, 3.8) is 0 Å². The van der Waals surface area contributed by atoms with E-state index in [0.717, 1.165) is 41.7 Å². The fourth-order valence-electron chi connectivity index (χ4n) is 3.99. The highest BCUT2D eigenvalue weighted by Gasteiger charge is 2.51. The molecule has 1 aromatic rings. The van der Waals surface area contributed by atoms with Crippen LogP contribution in [0.15, 0.2) is 22.7 Å². The van der Waals surface area contributed by atoms with Crippen LogP contribution in [0.25, 0.3) is 0 Å². The van der Waals surface area contributed by atoms with Gasteiger partial charge in [0.25, 0.3) is 0 Å². The Labute approximate surface area is 121 Å². The summed E-state index contributed by atoms with van der Waals surface area (Å²) in [6.45, 7) is 3.43. The Bertz CT molecular complexity index is 521. The van der Waals surface area contributed by atoms with Crippen molar-refractivity contribution in [3.05, 3.63) is 28.2 Å². The van der Waals surface area contributed by atoms with Gasteiger partial charge >= 0.3 is 0 Å². The van der Waals surface area contributed by atoms with E-state index in [1.54, 1.807) is 0 Å². The summed E-state index contributed by atoms with van der Waals surface area (Å²) in [7, 11) is 0. The molecule has 102 valence electrons. The van der Waals surface area contributed by atoms with E-state index >= 15 is 0 Å². The zero-order valence-electron chi connectivity index (χ0n) is 10.8. The maximum absolute atomic E-state index is 10.5. The average Bonchev–Trinajstić information content (AvgIpc) is 2.79. The Morgan fingerprint density at radius 1 is 1.37 bits per heavy atom. The molecule has 3 unspecified atom stereocenters. The molecule has 4 rings (SSSR count). The molecule has 1 spiro atoms. The van der Waals surface area contributed by atoms with Crippen LogP contribution in [0.3, 0.4) is 0 Å². The van der Waals surface area contributed by atoms with Gasteiger partial charge in [0.1, 0.15) is 11.4 Å². The first-order chi connectivity index (χ1) is 9.16. The smallest absolute Gasteiger partial charge is 0.127 e. The van der Waals surface area contributed by atoms with Crippen LogP contribution in [0.1, 0.15) is 30.9 Å². The second-order valence-corrected chi connectivity index (χ2v) is 7.02. The molecule has 3 nitrogen and oxygen atoms in total. The first-order valence-electron chi connectivity index (χ1n) is 7.05. The predicted octanol–water partition coefficient (Wildman–Crippen LogP) is 2.73. The van der Waals surface area contributed by atoms with Crippen molar-refractivity contribution in [3.8, 4) is 5.75 Å². The van der Waals surface area contributed by atoms with Crippen LogP contribution in [0.5, 0.6) is 5.75 Å². The third-order valence-corrected chi connectivity index (χ3v) is 5.55. The van der Waals surface area contributed by atoms with Crippen molar-refractivity contribution in [2.24, 2.45) is 5.92 Å². The second-order valence-electron chi connectivity index (χ2n) is 6.11. The van der Waals surface area contributed by atoms with Gasteiger partial charge < -0.3 is 14.7 Å². The van der Waals surface area contributed by atoms with Gasteiger partial charge in [0.15, 0.2) is 0 Å². The number of piperidine rings is 1. The van der Waals surface area contributed by atoms with E-state index in [-0.39, 0.29) is 11.7 Å². The van der Waals surface area contributed by atoms with Crippen LogP contribution in [0, 0.1) is 5.92 Å². The predicted molar refractivity (Wildman–Crippen MR) is 76.2 cm³/mol. The molecule has 2 fully saturated rings. The quantitative estimate of drug-likeness (QED) is 0.796. The number of aliphatic hydroxyl groups excluding tert-OH is 1. The summed E-state index contributed by atoms with van der Waals surface area (Å²) in [6, 6.07) is 5.95. The Hall–Kier alpha value is -0.580. The van der Waals surface area contributed by atoms with Crippen LogP contribution < -0.4 is 4.74 Å². The first kappa shape index (κ1) is 12.2. The van der Waals surface area contributed by atoms with Gasteiger partial charge in [0, 0.05) is 41.9 Å². The molecule has 0 saturated carbocycles. The third kappa shape index (κ3) is 1.84. The molecule has 0 radical (unpaired) electrons. The van der Waals surface area contributed by atoms with Gasteiger partial charge in [-0.3, -0.25) is 0 Å². The first-order valence-corrected chi connectivity index (χ1v) is 7.84. The molecule has 0 aliphatic carbocycles. The molecule has 3 aliphatic heterocycles. The molecule has 4 heteroatoms. The Morgan fingerprint density at radius 3 is 3.16 bits per heavy atom. The topological polar surface area (TPSA) is 32.7 Å². The molecule has 3 aliphatic rings. The van der Waals surface area contributed by atoms with Crippen LogP contribution in [-0.4, -0.2) is 35.2 Å². The van der Waals surface area contributed by atoms with Gasteiger partial charge in [-0.25, -0.2) is 0 Å². The normalized spacial score (nSPS) is 40.0. The van der Waals surface area contributed by atoms with E-state index in [0.29, 0.717) is 5.92 Å². The molecule has 3 heterocycles. The third-order valence-electron chi connectivity index (χ3n) is 5.05. The van der Waals surface area contributed by atoms with E-state index in [1.807, 2.05) is 18.2 Å². The maximum atomic E-state index is 10.5. The van der Waals surface area contributed by atoms with Crippen LogP contribution in [0.2, 0.25) is 0 Å². The Balaban J connectivity index is 1.73. The minimum Gasteiger partial charge on any atom is -0.486 e. The Kier molecular flexibility index (Phi) is 2.70. The molecular weight excluding hydrogens is 306 g/mol. The standard InChI is InChI=1S/C15H18BrNO2/c16-11-1-2-12-13(18)8-15(19-14(12)7-11)4-6-17-5-3-10(15)9-17/h1-2,7,10,13,18H,3-6,8-9H2/t10?,13-,15?/m0/s1. The molecule has 1 aromatic carbocycles. The van der Waals surface area contributed by atoms with Crippen molar-refractivity contribution in [1.29, 1.82) is 0 Å². The summed E-state index contributed by atoms with van der Waals surface area (Å²) in [5.74, 6) is 1.44. The highest BCUT2D eigenvalue weighted by molar-refractivity contribution is 9.10. The van der Waals surface area contributed by atoms with Crippen molar-refractivity contribution >= 4 is 15.9 Å². The van der Waals surface area contributed by atoms with E-state index in [9.17, 15) is 5.11 Å². The second kappa shape index (κ2) is 4.21. The summed E-state index contributed by atoms with van der Waals surface area (Å²) in [6.07, 6.45) is 2.61. The number of halogens is 1. The van der Waals surface area contributed by atoms with Crippen molar-refractivity contribution in [2.75, 3.05) is 19.6 Å². The van der Waals surface area contributed by atoms with Gasteiger partial charge in [0.2, 0.25) is 0 Å². The monoisotopic (exact) mass is 323 g/mol. The van der Waals surface area contributed by atoms with Crippen LogP contribution in [-0.2, 0) is 0 Å². The van der Waals surface area contributed by atoms with Gasteiger partial charge in [-0.15, -0.1) is 0 Å². The molecule has 2 saturated heterocycles. The van der Waals surface area contributed by atoms with E-state index in [4.69, 9.17) is 4.74 Å². The number of ether oxygens (including phenoxy) is 1. The number of hydrogen-bond donors (Lipinski definition) is 1. The Morgan fingerprint density at radius 2 is 2.26 bits per heavy atom. The number of aliphatic hydroxyl groups is 1. The fraction of sp³-hybridized carbons (Fsp3) is 0.600. The number of rotatable bonds is 0. The summed E-state index contributed by atoms with van der Waals surface area (Å²) in [5, 5.41) is 10.5. The lowest BCUT2D eigenvalue weighted by Crippen LogP contribution is -2.53. The number of benzene rings is 1. The highest BCUT2D eigenvalue weighted by atomic mass is 79.9. The molecule has 1 N–H and O–H groups in total. The highest BCUT2D eigenvalue weighted by Crippen LogP contribution is 2.49. The SMILES string of the molecule is O[C@H]1CC2(CCN3CCC2C3)Oc2cc(Br)ccc21. The summed E-state index contributed by atoms with van der Waals surface area (Å²) in [4.78, 5) is 2.52. The van der Waals surface area contributed by atoms with Crippen molar-refractivity contribution in [1.82, 2.24) is 4.90 Å². The molecular formula is C15H18BrNO2. The number of hydrogen-bond acceptors (Lipinski definition) is 3. The molecule has 2 bridgehead atoms. The lowest BCUT2D eigenvalue weighted by molar-refractivity contribution is -0.0736. The van der Waals surface area contributed by atoms with E-state index < -0.39 is 0 Å². The molecule has 0 aromatic heterocycles. The van der Waals surface area contributed by atoms with E-state index in [1.165, 1.54) is 13.0 Å². The average molecular weight is 324 g/mol. The summed E-state index contributed by atoms with van der Waals surface area (Å²) in [5.41, 5.74) is 0.800. The lowest BCUT2D eigenvalue weighted by atomic mass is 9.75. The van der Waals surface area contributed by atoms with Crippen LogP contribution >= 0.6 is 15.9 Å². The summed E-state index contributed by atoms with van der Waals surface area (Å²) >= 11 is 3.49. The van der Waals surface area contributed by atoms with Crippen molar-refractivity contribution in [2.45, 2.75) is 31.0 Å². The summed E-state index contributed by atoms with van der Waals surface area (Å²) < 4.78 is 7.44. The number of fused-ring (bicyclic) bond motifs is 4. The molecule has 4 atom stereocenters. The van der Waals surface area contributed by atoms with Gasteiger partial charge in [0.05, 0.1) is 6.10 Å². The van der Waals surface area contributed by atoms with Gasteiger partial charge in [-0.05, 0) is 25.1 Å². The van der Waals surface area contributed by atoms with Crippen molar-refractivity contribution < 1.29 is 9.84 Å². The van der Waals surface area contributed by atoms with E-state index in [2.05, 4.69) is 20.8 Å². The zero-order valence-corrected chi connectivity index (χ0v) is 12.4. The largest absolute Gasteiger partial charge is 0.486 e. The minimum absolute atomic E-state index is 0.139. The molecule has 0 amide bonds. The fourth-order valence-corrected chi connectivity index (χ4v) is 4.33. The lowest BCUT2D eigenvalue weighted by Gasteiger charge is -2.47. The zero-order chi connectivity index (χ0) is 13.0.